The minimum Gasteiger partial charge on any atom is -0.349 e. The van der Waals surface area contributed by atoms with Gasteiger partial charge in [-0.05, 0) is 37.4 Å². The molecule has 1 aliphatic carbocycles. The number of carbonyl (C=O) groups excluding carboxylic acids is 1. The summed E-state index contributed by atoms with van der Waals surface area (Å²) in [5, 5.41) is 3.12. The molecule has 2 rings (SSSR count). The summed E-state index contributed by atoms with van der Waals surface area (Å²) in [6, 6.07) is 9.62. The minimum atomic E-state index is 0.0240. The Morgan fingerprint density at radius 3 is 2.65 bits per heavy atom. The molecule has 0 spiro atoms. The van der Waals surface area contributed by atoms with Gasteiger partial charge in [-0.2, -0.15) is 0 Å². The lowest BCUT2D eigenvalue weighted by Crippen LogP contribution is -2.44. The lowest BCUT2D eigenvalue weighted by Gasteiger charge is -2.31. The zero-order valence-corrected chi connectivity index (χ0v) is 10.1. The number of rotatable bonds is 3. The molecular weight excluding hydrogens is 212 g/mol. The average Bonchev–Trinajstić information content (AvgIpc) is 2.40. The Bertz CT molecular complexity index is 364. The number of benzene rings is 1. The summed E-state index contributed by atoms with van der Waals surface area (Å²) in [5.41, 5.74) is 6.49. The molecule has 3 N–H and O–H groups in total. The number of nitrogens with one attached hydrogen (secondary N) is 1. The van der Waals surface area contributed by atoms with Gasteiger partial charge in [0.2, 0.25) is 0 Å². The molecule has 1 fully saturated rings. The molecule has 1 saturated carbocycles. The van der Waals surface area contributed by atoms with E-state index in [1.165, 1.54) is 12.8 Å². The number of amides is 1. The zero-order valence-electron chi connectivity index (χ0n) is 10.1. The van der Waals surface area contributed by atoms with Crippen molar-refractivity contribution in [3.8, 4) is 0 Å². The highest BCUT2D eigenvalue weighted by atomic mass is 16.1. The van der Waals surface area contributed by atoms with E-state index in [2.05, 4.69) is 5.32 Å². The summed E-state index contributed by atoms with van der Waals surface area (Å²) < 4.78 is 0. The van der Waals surface area contributed by atoms with Crippen molar-refractivity contribution in [2.24, 2.45) is 11.7 Å². The van der Waals surface area contributed by atoms with Crippen LogP contribution in [-0.4, -0.2) is 18.5 Å². The van der Waals surface area contributed by atoms with E-state index in [-0.39, 0.29) is 11.9 Å². The van der Waals surface area contributed by atoms with E-state index in [9.17, 15) is 4.79 Å². The smallest absolute Gasteiger partial charge is 0.251 e. The summed E-state index contributed by atoms with van der Waals surface area (Å²) in [4.78, 5) is 12.0. The van der Waals surface area contributed by atoms with E-state index in [0.29, 0.717) is 12.5 Å². The van der Waals surface area contributed by atoms with E-state index < -0.39 is 0 Å². The van der Waals surface area contributed by atoms with Crippen LogP contribution in [0.3, 0.4) is 0 Å². The van der Waals surface area contributed by atoms with Crippen molar-refractivity contribution in [1.29, 1.82) is 0 Å². The maximum Gasteiger partial charge on any atom is 0.251 e. The number of nitrogens with two attached hydrogens (primary N) is 1. The van der Waals surface area contributed by atoms with Crippen LogP contribution in [0.15, 0.2) is 30.3 Å². The summed E-state index contributed by atoms with van der Waals surface area (Å²) in [6.07, 6.45) is 4.62. The summed E-state index contributed by atoms with van der Waals surface area (Å²) in [5.74, 6) is 0.465. The van der Waals surface area contributed by atoms with Crippen LogP contribution in [-0.2, 0) is 0 Å². The van der Waals surface area contributed by atoms with E-state index in [1.54, 1.807) is 0 Å². The molecule has 3 heteroatoms. The highest BCUT2D eigenvalue weighted by molar-refractivity contribution is 5.94. The predicted octanol–water partition coefficient (Wildman–Crippen LogP) is 1.93. The molecule has 17 heavy (non-hydrogen) atoms. The van der Waals surface area contributed by atoms with Crippen LogP contribution in [0.25, 0.3) is 0 Å². The maximum absolute atomic E-state index is 12.0. The second-order valence-corrected chi connectivity index (χ2v) is 4.73. The molecular formula is C14H20N2O. The van der Waals surface area contributed by atoms with Gasteiger partial charge in [0.1, 0.15) is 0 Å². The van der Waals surface area contributed by atoms with E-state index in [1.807, 2.05) is 30.3 Å². The average molecular weight is 232 g/mol. The molecule has 1 aromatic carbocycles. The van der Waals surface area contributed by atoms with Crippen molar-refractivity contribution >= 4 is 5.91 Å². The molecule has 0 heterocycles. The molecule has 0 aliphatic heterocycles. The fraction of sp³-hybridized carbons (Fsp3) is 0.500. The first-order valence-corrected chi connectivity index (χ1v) is 6.37. The lowest BCUT2D eigenvalue weighted by molar-refractivity contribution is 0.0908. The van der Waals surface area contributed by atoms with Gasteiger partial charge in [-0.15, -0.1) is 0 Å². The second-order valence-electron chi connectivity index (χ2n) is 4.73. The first-order chi connectivity index (χ1) is 8.31. The first kappa shape index (κ1) is 12.1. The minimum absolute atomic E-state index is 0.0240. The number of hydrogen-bond donors (Lipinski definition) is 2. The van der Waals surface area contributed by atoms with Gasteiger partial charge in [-0.3, -0.25) is 4.79 Å². The molecule has 92 valence electrons. The molecule has 2 atom stereocenters. The SMILES string of the molecule is NC[C@H]1CCCC[C@H]1NC(=O)c1ccccc1. The molecule has 0 aromatic heterocycles. The van der Waals surface area contributed by atoms with Crippen molar-refractivity contribution < 1.29 is 4.79 Å². The van der Waals surface area contributed by atoms with Gasteiger partial charge in [0.05, 0.1) is 0 Å². The van der Waals surface area contributed by atoms with Crippen molar-refractivity contribution in [2.45, 2.75) is 31.7 Å². The zero-order chi connectivity index (χ0) is 12.1. The van der Waals surface area contributed by atoms with E-state index in [0.717, 1.165) is 18.4 Å². The van der Waals surface area contributed by atoms with Gasteiger partial charge >= 0.3 is 0 Å². The third kappa shape index (κ3) is 3.07. The summed E-state index contributed by atoms with van der Waals surface area (Å²) in [6.45, 7) is 0.666. The van der Waals surface area contributed by atoms with Gasteiger partial charge in [0.25, 0.3) is 5.91 Å². The highest BCUT2D eigenvalue weighted by Gasteiger charge is 2.25. The van der Waals surface area contributed by atoms with Gasteiger partial charge in [-0.1, -0.05) is 31.0 Å². The number of hydrogen-bond acceptors (Lipinski definition) is 2. The van der Waals surface area contributed by atoms with Crippen LogP contribution in [0, 0.1) is 5.92 Å². The lowest BCUT2D eigenvalue weighted by atomic mass is 9.84. The first-order valence-electron chi connectivity index (χ1n) is 6.37. The Morgan fingerprint density at radius 2 is 1.94 bits per heavy atom. The van der Waals surface area contributed by atoms with Crippen LogP contribution in [0.2, 0.25) is 0 Å². The molecule has 1 aliphatic rings. The molecule has 1 aromatic rings. The van der Waals surface area contributed by atoms with Crippen LogP contribution in [0.1, 0.15) is 36.0 Å². The van der Waals surface area contributed by atoms with Gasteiger partial charge in [0, 0.05) is 11.6 Å². The fourth-order valence-corrected chi connectivity index (χ4v) is 2.52. The molecule has 1 amide bonds. The van der Waals surface area contributed by atoms with Gasteiger partial charge < -0.3 is 11.1 Å². The van der Waals surface area contributed by atoms with Gasteiger partial charge in [0.15, 0.2) is 0 Å². The standard InChI is InChI=1S/C14H20N2O/c15-10-12-8-4-5-9-13(12)16-14(17)11-6-2-1-3-7-11/h1-3,6-7,12-13H,4-5,8-10,15H2,(H,16,17)/t12-,13-/m1/s1. The fourth-order valence-electron chi connectivity index (χ4n) is 2.52. The maximum atomic E-state index is 12.0. The normalized spacial score (nSPS) is 24.3. The molecule has 0 saturated heterocycles. The van der Waals surface area contributed by atoms with Crippen molar-refractivity contribution in [2.75, 3.05) is 6.54 Å². The Kier molecular flexibility index (Phi) is 4.15. The second kappa shape index (κ2) is 5.82. The van der Waals surface area contributed by atoms with E-state index in [4.69, 9.17) is 5.73 Å². The van der Waals surface area contributed by atoms with Crippen LogP contribution in [0.4, 0.5) is 0 Å². The molecule has 3 nitrogen and oxygen atoms in total. The predicted molar refractivity (Wildman–Crippen MR) is 68.7 cm³/mol. The van der Waals surface area contributed by atoms with Crippen molar-refractivity contribution in [3.05, 3.63) is 35.9 Å². The largest absolute Gasteiger partial charge is 0.349 e. The third-order valence-electron chi connectivity index (χ3n) is 3.56. The molecule has 0 radical (unpaired) electrons. The Labute approximate surface area is 102 Å². The van der Waals surface area contributed by atoms with Crippen LogP contribution >= 0.6 is 0 Å². The van der Waals surface area contributed by atoms with E-state index >= 15 is 0 Å². The Hall–Kier alpha value is -1.35. The summed E-state index contributed by atoms with van der Waals surface area (Å²) >= 11 is 0. The summed E-state index contributed by atoms with van der Waals surface area (Å²) in [7, 11) is 0. The molecule has 0 unspecified atom stereocenters. The Morgan fingerprint density at radius 1 is 1.24 bits per heavy atom. The highest BCUT2D eigenvalue weighted by Crippen LogP contribution is 2.23. The van der Waals surface area contributed by atoms with Crippen LogP contribution in [0.5, 0.6) is 0 Å². The monoisotopic (exact) mass is 232 g/mol. The van der Waals surface area contributed by atoms with Crippen molar-refractivity contribution in [3.63, 3.8) is 0 Å². The quantitative estimate of drug-likeness (QED) is 0.836. The topological polar surface area (TPSA) is 55.1 Å². The van der Waals surface area contributed by atoms with Gasteiger partial charge in [-0.25, -0.2) is 0 Å². The number of carbonyl (C=O) groups is 1. The van der Waals surface area contributed by atoms with Crippen LogP contribution < -0.4 is 11.1 Å². The van der Waals surface area contributed by atoms with Crippen molar-refractivity contribution in [1.82, 2.24) is 5.32 Å². The Balaban J connectivity index is 1.98. The molecule has 0 bridgehead atoms. The third-order valence-corrected chi connectivity index (χ3v) is 3.56.